The van der Waals surface area contributed by atoms with Crippen LogP contribution in [-0.4, -0.2) is 24.1 Å². The molecule has 0 amide bonds. The highest BCUT2D eigenvalue weighted by molar-refractivity contribution is 5.87. The van der Waals surface area contributed by atoms with Gasteiger partial charge in [0.05, 0.1) is 0 Å². The Balaban J connectivity index is 4.28. The van der Waals surface area contributed by atoms with Crippen LogP contribution in [0.25, 0.3) is 0 Å². The Morgan fingerprint density at radius 2 is 1.50 bits per heavy atom. The van der Waals surface area contributed by atoms with Gasteiger partial charge in [-0.3, -0.25) is 0 Å². The maximum Gasteiger partial charge on any atom is 0.333 e. The first-order chi connectivity index (χ1) is 8.27. The van der Waals surface area contributed by atoms with Gasteiger partial charge in [-0.15, -0.1) is 0 Å². The number of rotatable bonds is 7. The molecule has 0 aromatic rings. The van der Waals surface area contributed by atoms with Gasteiger partial charge in [-0.2, -0.15) is 0 Å². The van der Waals surface area contributed by atoms with Gasteiger partial charge in [-0.1, -0.05) is 20.1 Å². The van der Waals surface area contributed by atoms with Crippen molar-refractivity contribution in [2.24, 2.45) is 0 Å². The van der Waals surface area contributed by atoms with E-state index >= 15 is 0 Å². The Hall–Kier alpha value is -1.58. The molecule has 0 aliphatic rings. The molecule has 4 heteroatoms. The average Bonchev–Trinajstić information content (AvgIpc) is 2.27. The number of esters is 2. The highest BCUT2D eigenvalue weighted by atomic mass is 16.6. The summed E-state index contributed by atoms with van der Waals surface area (Å²) in [5.74, 6) is -0.844. The van der Waals surface area contributed by atoms with Crippen molar-refractivity contribution in [3.63, 3.8) is 0 Å². The van der Waals surface area contributed by atoms with Gasteiger partial charge >= 0.3 is 11.9 Å². The summed E-state index contributed by atoms with van der Waals surface area (Å²) in [5, 5.41) is 0. The van der Waals surface area contributed by atoms with Gasteiger partial charge in [0, 0.05) is 17.6 Å². The van der Waals surface area contributed by atoms with Gasteiger partial charge in [-0.05, 0) is 27.2 Å². The Labute approximate surface area is 109 Å². The molecule has 0 aromatic carbocycles. The Kier molecular flexibility index (Phi) is 7.01. The monoisotopic (exact) mass is 254 g/mol. The van der Waals surface area contributed by atoms with E-state index in [2.05, 4.69) is 13.2 Å². The molecule has 0 heterocycles. The predicted molar refractivity (Wildman–Crippen MR) is 70.0 cm³/mol. The van der Waals surface area contributed by atoms with Crippen LogP contribution in [0.4, 0.5) is 0 Å². The standard InChI is InChI=1S/C14H22O4/c1-7-12(18-14(16)10(4)5)8-11(6)17-13(15)9(2)3/h11-12H,2,4,7-8H2,1,3,5-6H3. The second-order valence-corrected chi connectivity index (χ2v) is 4.45. The van der Waals surface area contributed by atoms with Gasteiger partial charge in [0.15, 0.2) is 0 Å². The van der Waals surface area contributed by atoms with E-state index in [0.29, 0.717) is 24.0 Å². The lowest BCUT2D eigenvalue weighted by atomic mass is 10.1. The smallest absolute Gasteiger partial charge is 0.333 e. The summed E-state index contributed by atoms with van der Waals surface area (Å²) in [4.78, 5) is 22.7. The third-order valence-corrected chi connectivity index (χ3v) is 2.33. The maximum absolute atomic E-state index is 11.4. The lowest BCUT2D eigenvalue weighted by Gasteiger charge is -2.20. The zero-order valence-corrected chi connectivity index (χ0v) is 11.6. The van der Waals surface area contributed by atoms with Crippen LogP contribution in [0.1, 0.15) is 40.5 Å². The SMILES string of the molecule is C=C(C)C(=O)OC(C)CC(CC)OC(=O)C(=C)C. The predicted octanol–water partition coefficient (Wildman–Crippen LogP) is 2.78. The zero-order chi connectivity index (χ0) is 14.3. The van der Waals surface area contributed by atoms with Crippen molar-refractivity contribution in [1.29, 1.82) is 0 Å². The Morgan fingerprint density at radius 1 is 1.06 bits per heavy atom. The number of carbonyl (C=O) groups excluding carboxylic acids is 2. The minimum absolute atomic E-state index is 0.276. The molecule has 0 spiro atoms. The largest absolute Gasteiger partial charge is 0.459 e. The van der Waals surface area contributed by atoms with E-state index in [0.717, 1.165) is 0 Å². The fourth-order valence-electron chi connectivity index (χ4n) is 1.25. The van der Waals surface area contributed by atoms with Crippen LogP contribution in [-0.2, 0) is 19.1 Å². The van der Waals surface area contributed by atoms with Crippen LogP contribution in [0.15, 0.2) is 24.3 Å². The summed E-state index contributed by atoms with van der Waals surface area (Å²) in [6.45, 7) is 13.9. The number of carbonyl (C=O) groups is 2. The second-order valence-electron chi connectivity index (χ2n) is 4.45. The molecule has 2 atom stereocenters. The van der Waals surface area contributed by atoms with Crippen molar-refractivity contribution in [3.05, 3.63) is 24.3 Å². The van der Waals surface area contributed by atoms with Crippen molar-refractivity contribution in [1.82, 2.24) is 0 Å². The van der Waals surface area contributed by atoms with E-state index in [1.54, 1.807) is 20.8 Å². The van der Waals surface area contributed by atoms with Crippen LogP contribution in [0.5, 0.6) is 0 Å². The molecule has 102 valence electrons. The molecule has 0 rings (SSSR count). The number of ether oxygens (including phenoxy) is 2. The van der Waals surface area contributed by atoms with E-state index in [1.165, 1.54) is 0 Å². The second kappa shape index (κ2) is 7.69. The molecule has 0 aliphatic heterocycles. The third kappa shape index (κ3) is 6.23. The summed E-state index contributed by atoms with van der Waals surface area (Å²) in [7, 11) is 0. The lowest BCUT2D eigenvalue weighted by Crippen LogP contribution is -2.25. The van der Waals surface area contributed by atoms with E-state index in [9.17, 15) is 9.59 Å². The number of hydrogen-bond donors (Lipinski definition) is 0. The highest BCUT2D eigenvalue weighted by Gasteiger charge is 2.19. The molecule has 0 bridgehead atoms. The van der Waals surface area contributed by atoms with Crippen LogP contribution in [0.2, 0.25) is 0 Å². The molecular formula is C14H22O4. The van der Waals surface area contributed by atoms with Gasteiger partial charge < -0.3 is 9.47 Å². The Morgan fingerprint density at radius 3 is 1.89 bits per heavy atom. The first kappa shape index (κ1) is 16.4. The van der Waals surface area contributed by atoms with Crippen molar-refractivity contribution >= 4 is 11.9 Å². The van der Waals surface area contributed by atoms with Gasteiger partial charge in [0.25, 0.3) is 0 Å². The fraction of sp³-hybridized carbons (Fsp3) is 0.571. The average molecular weight is 254 g/mol. The highest BCUT2D eigenvalue weighted by Crippen LogP contribution is 2.12. The lowest BCUT2D eigenvalue weighted by molar-refractivity contribution is -0.149. The molecule has 0 aromatic heterocycles. The molecule has 0 fully saturated rings. The molecular weight excluding hydrogens is 232 g/mol. The summed E-state index contributed by atoms with van der Waals surface area (Å²) in [5.41, 5.74) is 0.717. The first-order valence-corrected chi connectivity index (χ1v) is 6.00. The minimum Gasteiger partial charge on any atom is -0.459 e. The van der Waals surface area contributed by atoms with Gasteiger partial charge in [0.2, 0.25) is 0 Å². The summed E-state index contributed by atoms with van der Waals surface area (Å²) < 4.78 is 10.4. The van der Waals surface area contributed by atoms with Crippen LogP contribution in [0, 0.1) is 0 Å². The molecule has 2 unspecified atom stereocenters. The summed E-state index contributed by atoms with van der Waals surface area (Å²) in [6, 6.07) is 0. The first-order valence-electron chi connectivity index (χ1n) is 6.00. The molecule has 0 saturated carbocycles. The number of hydrogen-bond acceptors (Lipinski definition) is 4. The van der Waals surface area contributed by atoms with Gasteiger partial charge in [0.1, 0.15) is 12.2 Å². The third-order valence-electron chi connectivity index (χ3n) is 2.33. The Bertz CT molecular complexity index is 344. The van der Waals surface area contributed by atoms with Crippen molar-refractivity contribution in [3.8, 4) is 0 Å². The zero-order valence-electron chi connectivity index (χ0n) is 11.6. The normalized spacial score (nSPS) is 13.3. The topological polar surface area (TPSA) is 52.6 Å². The molecule has 0 saturated heterocycles. The summed E-state index contributed by atoms with van der Waals surface area (Å²) >= 11 is 0. The quantitative estimate of drug-likeness (QED) is 0.518. The minimum atomic E-state index is -0.427. The van der Waals surface area contributed by atoms with Crippen molar-refractivity contribution in [2.45, 2.75) is 52.7 Å². The van der Waals surface area contributed by atoms with Crippen molar-refractivity contribution in [2.75, 3.05) is 0 Å². The fourth-order valence-corrected chi connectivity index (χ4v) is 1.25. The van der Waals surface area contributed by atoms with Crippen LogP contribution in [0.3, 0.4) is 0 Å². The van der Waals surface area contributed by atoms with E-state index in [-0.39, 0.29) is 12.2 Å². The molecule has 0 N–H and O–H groups in total. The van der Waals surface area contributed by atoms with Crippen LogP contribution < -0.4 is 0 Å². The van der Waals surface area contributed by atoms with Crippen molar-refractivity contribution < 1.29 is 19.1 Å². The molecule has 4 nitrogen and oxygen atoms in total. The van der Waals surface area contributed by atoms with E-state index < -0.39 is 11.9 Å². The van der Waals surface area contributed by atoms with E-state index in [1.807, 2.05) is 6.92 Å². The maximum atomic E-state index is 11.4. The molecule has 0 aliphatic carbocycles. The van der Waals surface area contributed by atoms with Crippen LogP contribution >= 0.6 is 0 Å². The van der Waals surface area contributed by atoms with Gasteiger partial charge in [-0.25, -0.2) is 9.59 Å². The van der Waals surface area contributed by atoms with E-state index in [4.69, 9.17) is 9.47 Å². The summed E-state index contributed by atoms with van der Waals surface area (Å²) in [6.07, 6.45) is 0.530. The molecule has 0 radical (unpaired) electrons. The molecule has 18 heavy (non-hydrogen) atoms.